The zero-order valence-electron chi connectivity index (χ0n) is 12.4. The van der Waals surface area contributed by atoms with Crippen molar-refractivity contribution in [2.24, 2.45) is 17.1 Å². The van der Waals surface area contributed by atoms with Crippen LogP contribution in [0.3, 0.4) is 0 Å². The third-order valence-electron chi connectivity index (χ3n) is 5.38. The van der Waals surface area contributed by atoms with Gasteiger partial charge in [-0.1, -0.05) is 26.7 Å². The van der Waals surface area contributed by atoms with Crippen molar-refractivity contribution in [3.8, 4) is 0 Å². The Morgan fingerprint density at radius 2 is 1.68 bits per heavy atom. The highest BCUT2D eigenvalue weighted by Crippen LogP contribution is 2.48. The average molecular weight is 266 g/mol. The molecular formula is C15H26N2O2. The van der Waals surface area contributed by atoms with Crippen molar-refractivity contribution in [3.63, 3.8) is 0 Å². The number of hydrogen-bond donors (Lipinski definition) is 1. The molecule has 1 heterocycles. The number of carbonyl (C=O) groups is 2. The molecule has 1 saturated heterocycles. The van der Waals surface area contributed by atoms with E-state index in [0.29, 0.717) is 19.4 Å². The fourth-order valence-electron chi connectivity index (χ4n) is 3.63. The number of rotatable bonds is 3. The van der Waals surface area contributed by atoms with Crippen molar-refractivity contribution in [2.75, 3.05) is 6.54 Å². The normalized spacial score (nSPS) is 26.3. The van der Waals surface area contributed by atoms with Gasteiger partial charge < -0.3 is 5.73 Å². The third-order valence-corrected chi connectivity index (χ3v) is 5.38. The summed E-state index contributed by atoms with van der Waals surface area (Å²) in [5, 5.41) is 0. The zero-order valence-corrected chi connectivity index (χ0v) is 12.4. The Morgan fingerprint density at radius 3 is 2.05 bits per heavy atom. The van der Waals surface area contributed by atoms with E-state index in [9.17, 15) is 9.59 Å². The molecule has 2 N–H and O–H groups in total. The van der Waals surface area contributed by atoms with E-state index in [2.05, 4.69) is 0 Å². The van der Waals surface area contributed by atoms with Crippen LogP contribution in [-0.2, 0) is 9.59 Å². The summed E-state index contributed by atoms with van der Waals surface area (Å²) in [4.78, 5) is 26.5. The highest BCUT2D eigenvalue weighted by molar-refractivity contribution is 5.99. The van der Waals surface area contributed by atoms with Gasteiger partial charge in [-0.25, -0.2) is 0 Å². The molecule has 19 heavy (non-hydrogen) atoms. The van der Waals surface area contributed by atoms with Gasteiger partial charge in [-0.3, -0.25) is 14.5 Å². The molecule has 2 rings (SSSR count). The van der Waals surface area contributed by atoms with Gasteiger partial charge in [-0.05, 0) is 31.1 Å². The van der Waals surface area contributed by atoms with E-state index in [0.717, 1.165) is 25.7 Å². The molecule has 2 fully saturated rings. The SMILES string of the molecule is CC(C)C(C)(CN)N1C(=O)CC2(CCCC2)CC1=O. The average Bonchev–Trinajstić information content (AvgIpc) is 2.75. The van der Waals surface area contributed by atoms with Gasteiger partial charge in [0, 0.05) is 19.4 Å². The Bertz CT molecular complexity index is 366. The van der Waals surface area contributed by atoms with E-state index < -0.39 is 5.54 Å². The molecule has 4 heteroatoms. The molecule has 1 atom stereocenters. The smallest absolute Gasteiger partial charge is 0.230 e. The van der Waals surface area contributed by atoms with Gasteiger partial charge in [0.05, 0.1) is 5.54 Å². The fraction of sp³-hybridized carbons (Fsp3) is 0.867. The summed E-state index contributed by atoms with van der Waals surface area (Å²) >= 11 is 0. The maximum atomic E-state index is 12.5. The lowest BCUT2D eigenvalue weighted by molar-refractivity contribution is -0.162. The van der Waals surface area contributed by atoms with Crippen LogP contribution in [0.2, 0.25) is 0 Å². The lowest BCUT2D eigenvalue weighted by atomic mass is 9.74. The summed E-state index contributed by atoms with van der Waals surface area (Å²) in [6.07, 6.45) is 5.42. The van der Waals surface area contributed by atoms with Crippen molar-refractivity contribution in [1.29, 1.82) is 0 Å². The van der Waals surface area contributed by atoms with Crippen LogP contribution in [0, 0.1) is 11.3 Å². The Morgan fingerprint density at radius 1 is 1.21 bits per heavy atom. The van der Waals surface area contributed by atoms with Crippen LogP contribution in [0.1, 0.15) is 59.3 Å². The van der Waals surface area contributed by atoms with Crippen molar-refractivity contribution >= 4 is 11.8 Å². The summed E-state index contributed by atoms with van der Waals surface area (Å²) in [6.45, 7) is 6.30. The summed E-state index contributed by atoms with van der Waals surface area (Å²) in [5.41, 5.74) is 5.28. The first kappa shape index (κ1) is 14.5. The maximum Gasteiger partial charge on any atom is 0.230 e. The van der Waals surface area contributed by atoms with Crippen molar-refractivity contribution < 1.29 is 9.59 Å². The Hall–Kier alpha value is -0.900. The van der Waals surface area contributed by atoms with Gasteiger partial charge in [0.2, 0.25) is 11.8 Å². The van der Waals surface area contributed by atoms with E-state index >= 15 is 0 Å². The first-order chi connectivity index (χ1) is 8.84. The molecule has 4 nitrogen and oxygen atoms in total. The van der Waals surface area contributed by atoms with E-state index in [1.165, 1.54) is 4.90 Å². The predicted octanol–water partition coefficient (Wildman–Crippen LogP) is 2.07. The summed E-state index contributed by atoms with van der Waals surface area (Å²) in [6, 6.07) is 0. The van der Waals surface area contributed by atoms with Crippen LogP contribution in [-0.4, -0.2) is 28.8 Å². The van der Waals surface area contributed by atoms with E-state index in [1.54, 1.807) is 0 Å². The second kappa shape index (κ2) is 4.89. The standard InChI is InChI=1S/C15H26N2O2/c1-11(2)14(3,10-16)17-12(18)8-15(9-13(17)19)6-4-5-7-15/h11H,4-10,16H2,1-3H3. The molecular weight excluding hydrogens is 240 g/mol. The minimum atomic E-state index is -0.547. The van der Waals surface area contributed by atoms with E-state index in [1.807, 2.05) is 20.8 Å². The molecule has 1 saturated carbocycles. The second-order valence-electron chi connectivity index (χ2n) is 6.90. The minimum absolute atomic E-state index is 0.0141. The number of imide groups is 1. The first-order valence-corrected chi connectivity index (χ1v) is 7.41. The maximum absolute atomic E-state index is 12.5. The number of carbonyl (C=O) groups excluding carboxylic acids is 2. The van der Waals surface area contributed by atoms with Crippen LogP contribution in [0.5, 0.6) is 0 Å². The van der Waals surface area contributed by atoms with Crippen LogP contribution >= 0.6 is 0 Å². The molecule has 2 aliphatic rings. The van der Waals surface area contributed by atoms with Gasteiger partial charge in [0.25, 0.3) is 0 Å². The van der Waals surface area contributed by atoms with E-state index in [-0.39, 0.29) is 23.1 Å². The van der Waals surface area contributed by atoms with Crippen LogP contribution in [0.4, 0.5) is 0 Å². The van der Waals surface area contributed by atoms with Crippen LogP contribution in [0.25, 0.3) is 0 Å². The van der Waals surface area contributed by atoms with Crippen molar-refractivity contribution in [2.45, 2.75) is 64.8 Å². The van der Waals surface area contributed by atoms with Gasteiger partial charge >= 0.3 is 0 Å². The van der Waals surface area contributed by atoms with Crippen LogP contribution in [0.15, 0.2) is 0 Å². The molecule has 0 aromatic carbocycles. The highest BCUT2D eigenvalue weighted by Gasteiger charge is 2.50. The summed E-state index contributed by atoms with van der Waals surface area (Å²) < 4.78 is 0. The molecule has 1 spiro atoms. The Labute approximate surface area is 115 Å². The summed E-state index contributed by atoms with van der Waals surface area (Å²) in [7, 11) is 0. The van der Waals surface area contributed by atoms with Gasteiger partial charge in [-0.15, -0.1) is 0 Å². The molecule has 1 unspecified atom stereocenters. The largest absolute Gasteiger partial charge is 0.328 e. The number of nitrogens with two attached hydrogens (primary N) is 1. The third kappa shape index (κ3) is 2.31. The number of likely N-dealkylation sites (tertiary alicyclic amines) is 1. The topological polar surface area (TPSA) is 63.4 Å². The van der Waals surface area contributed by atoms with Gasteiger partial charge in [-0.2, -0.15) is 0 Å². The molecule has 1 aliphatic heterocycles. The quantitative estimate of drug-likeness (QED) is 0.795. The van der Waals surface area contributed by atoms with Gasteiger partial charge in [0.1, 0.15) is 0 Å². The van der Waals surface area contributed by atoms with Gasteiger partial charge in [0.15, 0.2) is 0 Å². The minimum Gasteiger partial charge on any atom is -0.328 e. The molecule has 0 bridgehead atoms. The molecule has 0 radical (unpaired) electrons. The number of hydrogen-bond acceptors (Lipinski definition) is 3. The monoisotopic (exact) mass is 266 g/mol. The number of amides is 2. The Balaban J connectivity index is 2.25. The summed E-state index contributed by atoms with van der Waals surface area (Å²) in [5.74, 6) is 0.141. The fourth-order valence-corrected chi connectivity index (χ4v) is 3.63. The molecule has 1 aliphatic carbocycles. The molecule has 108 valence electrons. The molecule has 0 aromatic rings. The molecule has 0 aromatic heterocycles. The highest BCUT2D eigenvalue weighted by atomic mass is 16.2. The number of nitrogens with zero attached hydrogens (tertiary/aromatic N) is 1. The zero-order chi connectivity index (χ0) is 14.3. The first-order valence-electron chi connectivity index (χ1n) is 7.41. The predicted molar refractivity (Wildman–Crippen MR) is 74.3 cm³/mol. The second-order valence-corrected chi connectivity index (χ2v) is 6.90. The van der Waals surface area contributed by atoms with Crippen molar-refractivity contribution in [3.05, 3.63) is 0 Å². The van der Waals surface area contributed by atoms with Crippen LogP contribution < -0.4 is 5.73 Å². The van der Waals surface area contributed by atoms with Crippen molar-refractivity contribution in [1.82, 2.24) is 4.90 Å². The molecule has 2 amide bonds. The lowest BCUT2D eigenvalue weighted by Gasteiger charge is -2.47. The Kier molecular flexibility index (Phi) is 3.74. The van der Waals surface area contributed by atoms with E-state index in [4.69, 9.17) is 5.73 Å². The lowest BCUT2D eigenvalue weighted by Crippen LogP contribution is -2.63. The number of piperidine rings is 1.